The molecule has 0 radical (unpaired) electrons. The number of aliphatic hydroxyl groups excluding tert-OH is 1. The van der Waals surface area contributed by atoms with E-state index >= 15 is 0 Å². The van der Waals surface area contributed by atoms with E-state index in [4.69, 9.17) is 23.7 Å². The van der Waals surface area contributed by atoms with Gasteiger partial charge in [-0.1, -0.05) is 103 Å². The summed E-state index contributed by atoms with van der Waals surface area (Å²) in [5.74, 6) is -0.249. The molecule has 5 atom stereocenters. The normalized spacial score (nSPS) is 22.5. The molecule has 1 aliphatic heterocycles. The second kappa shape index (κ2) is 16.8. The van der Waals surface area contributed by atoms with Gasteiger partial charge in [-0.25, -0.2) is 0 Å². The Balaban J connectivity index is 1.57. The number of rotatable bonds is 15. The van der Waals surface area contributed by atoms with Crippen LogP contribution in [0.15, 0.2) is 103 Å². The highest BCUT2D eigenvalue weighted by molar-refractivity contribution is 5.69. The third-order valence-electron chi connectivity index (χ3n) is 7.04. The lowest BCUT2D eigenvalue weighted by Gasteiger charge is -2.46. The van der Waals surface area contributed by atoms with E-state index in [2.05, 4.69) is 0 Å². The molecule has 0 saturated carbocycles. The van der Waals surface area contributed by atoms with Crippen LogP contribution in [0.1, 0.15) is 36.0 Å². The van der Waals surface area contributed by atoms with E-state index in [0.717, 1.165) is 16.7 Å². The summed E-state index contributed by atoms with van der Waals surface area (Å²) < 4.78 is 30.7. The number of hydrogen-bond donors (Lipinski definition) is 1. The number of esters is 1. The molecule has 3 aromatic rings. The number of benzene rings is 3. The van der Waals surface area contributed by atoms with Gasteiger partial charge in [-0.05, 0) is 29.5 Å². The quantitative estimate of drug-likeness (QED) is 0.197. The van der Waals surface area contributed by atoms with Crippen LogP contribution in [0.25, 0.3) is 0 Å². The molecule has 0 unspecified atom stereocenters. The molecule has 4 rings (SSSR count). The summed E-state index contributed by atoms with van der Waals surface area (Å²) >= 11 is 0. The van der Waals surface area contributed by atoms with Crippen molar-refractivity contribution in [2.24, 2.45) is 0 Å². The lowest BCUT2D eigenvalue weighted by Crippen LogP contribution is -2.60. The molecule has 1 N–H and O–H groups in total. The maximum atomic E-state index is 11.5. The van der Waals surface area contributed by atoms with E-state index in [1.807, 2.05) is 103 Å². The van der Waals surface area contributed by atoms with Gasteiger partial charge in [-0.2, -0.15) is 0 Å². The Bertz CT molecular complexity index is 1170. The van der Waals surface area contributed by atoms with E-state index in [-0.39, 0.29) is 12.6 Å². The van der Waals surface area contributed by atoms with Crippen LogP contribution in [0.2, 0.25) is 0 Å². The van der Waals surface area contributed by atoms with Crippen molar-refractivity contribution >= 4 is 5.97 Å². The monoisotopic (exact) mass is 560 g/mol. The van der Waals surface area contributed by atoms with E-state index < -0.39 is 30.5 Å². The SMILES string of the molecule is COC(=O)CC/C=C\C[C@H]1O[C@H](CO)[C@@H](OCc2ccccc2)[C@H](OCc2ccccc2)[C@@H]1OCc1ccccc1. The molecule has 0 spiro atoms. The minimum atomic E-state index is -0.607. The van der Waals surface area contributed by atoms with Crippen LogP contribution >= 0.6 is 0 Å². The minimum absolute atomic E-state index is 0.224. The summed E-state index contributed by atoms with van der Waals surface area (Å²) in [6.07, 6.45) is 2.76. The van der Waals surface area contributed by atoms with E-state index in [9.17, 15) is 9.90 Å². The fraction of sp³-hybridized carbons (Fsp3) is 0.382. The Hall–Kier alpha value is -3.33. The fourth-order valence-electron chi connectivity index (χ4n) is 4.87. The Morgan fingerprint density at radius 1 is 0.707 bits per heavy atom. The molecule has 1 fully saturated rings. The number of ether oxygens (including phenoxy) is 5. The van der Waals surface area contributed by atoms with Gasteiger partial charge in [0.1, 0.15) is 24.4 Å². The second-order valence-corrected chi connectivity index (χ2v) is 10.0. The van der Waals surface area contributed by atoms with Crippen LogP contribution in [0.3, 0.4) is 0 Å². The first kappa shape index (κ1) is 30.6. The van der Waals surface area contributed by atoms with E-state index in [0.29, 0.717) is 39.1 Å². The summed E-state index contributed by atoms with van der Waals surface area (Å²) in [6, 6.07) is 29.8. The predicted molar refractivity (Wildman–Crippen MR) is 156 cm³/mol. The number of aliphatic hydroxyl groups is 1. The van der Waals surface area contributed by atoms with Gasteiger partial charge in [0.15, 0.2) is 0 Å². The van der Waals surface area contributed by atoms with Crippen LogP contribution in [-0.2, 0) is 48.3 Å². The topological polar surface area (TPSA) is 83.5 Å². The van der Waals surface area contributed by atoms with Gasteiger partial charge in [0.25, 0.3) is 0 Å². The summed E-state index contributed by atoms with van der Waals surface area (Å²) in [7, 11) is 1.39. The second-order valence-electron chi connectivity index (χ2n) is 10.0. The van der Waals surface area contributed by atoms with Crippen molar-refractivity contribution in [2.75, 3.05) is 13.7 Å². The molecule has 41 heavy (non-hydrogen) atoms. The van der Waals surface area contributed by atoms with Crippen LogP contribution in [0, 0.1) is 0 Å². The largest absolute Gasteiger partial charge is 0.469 e. The molecular weight excluding hydrogens is 520 g/mol. The maximum Gasteiger partial charge on any atom is 0.305 e. The molecule has 1 aliphatic rings. The molecule has 1 saturated heterocycles. The average Bonchev–Trinajstić information content (AvgIpc) is 3.03. The van der Waals surface area contributed by atoms with Crippen LogP contribution in [0.5, 0.6) is 0 Å². The lowest BCUT2D eigenvalue weighted by atomic mass is 9.92. The van der Waals surface area contributed by atoms with Crippen molar-refractivity contribution in [2.45, 2.75) is 69.6 Å². The molecule has 7 nitrogen and oxygen atoms in total. The van der Waals surface area contributed by atoms with E-state index in [1.54, 1.807) is 0 Å². The third-order valence-corrected chi connectivity index (χ3v) is 7.04. The number of carbonyl (C=O) groups excluding carboxylic acids is 1. The zero-order chi connectivity index (χ0) is 28.7. The molecular formula is C34H40O7. The van der Waals surface area contributed by atoms with Crippen molar-refractivity contribution in [1.29, 1.82) is 0 Å². The number of hydrogen-bond acceptors (Lipinski definition) is 7. The van der Waals surface area contributed by atoms with Crippen molar-refractivity contribution in [3.05, 3.63) is 120 Å². The maximum absolute atomic E-state index is 11.5. The van der Waals surface area contributed by atoms with Gasteiger partial charge in [-0.15, -0.1) is 0 Å². The molecule has 218 valence electrons. The van der Waals surface area contributed by atoms with Crippen LogP contribution in [-0.4, -0.2) is 55.3 Å². The van der Waals surface area contributed by atoms with Crippen LogP contribution < -0.4 is 0 Å². The Labute approximate surface area is 242 Å². The van der Waals surface area contributed by atoms with Gasteiger partial charge in [0, 0.05) is 6.42 Å². The molecule has 0 aliphatic carbocycles. The summed E-state index contributed by atoms with van der Waals surface area (Å²) in [5, 5.41) is 10.4. The molecule has 0 aromatic heterocycles. The van der Waals surface area contributed by atoms with Crippen molar-refractivity contribution in [3.8, 4) is 0 Å². The Morgan fingerprint density at radius 2 is 1.17 bits per heavy atom. The first-order valence-corrected chi connectivity index (χ1v) is 14.1. The highest BCUT2D eigenvalue weighted by Crippen LogP contribution is 2.32. The molecule has 0 amide bonds. The van der Waals surface area contributed by atoms with E-state index in [1.165, 1.54) is 7.11 Å². The highest BCUT2D eigenvalue weighted by Gasteiger charge is 2.47. The minimum Gasteiger partial charge on any atom is -0.469 e. The van der Waals surface area contributed by atoms with Crippen molar-refractivity contribution in [3.63, 3.8) is 0 Å². The molecule has 3 aromatic carbocycles. The third kappa shape index (κ3) is 9.63. The van der Waals surface area contributed by atoms with Gasteiger partial charge in [0.2, 0.25) is 0 Å². The Morgan fingerprint density at radius 3 is 1.63 bits per heavy atom. The standard InChI is InChI=1S/C34H40O7/c1-37-31(36)21-13-5-12-20-29-32(38-23-26-14-6-2-7-15-26)34(40-25-28-18-10-4-11-19-28)33(30(22-35)41-29)39-24-27-16-8-3-9-17-27/h2-12,14-19,29-30,32-35H,13,20-25H2,1H3/b12-5-/t29-,30-,32-,33-,34-/m1/s1. The zero-order valence-electron chi connectivity index (χ0n) is 23.5. The van der Waals surface area contributed by atoms with Crippen molar-refractivity contribution < 1.29 is 33.6 Å². The number of allylic oxidation sites excluding steroid dienone is 1. The summed E-state index contributed by atoms with van der Waals surface area (Å²) in [4.78, 5) is 11.5. The van der Waals surface area contributed by atoms with Gasteiger partial charge in [0.05, 0.1) is 39.6 Å². The first-order valence-electron chi connectivity index (χ1n) is 14.1. The average molecular weight is 561 g/mol. The smallest absolute Gasteiger partial charge is 0.305 e. The molecule has 1 heterocycles. The number of carbonyl (C=O) groups is 1. The van der Waals surface area contributed by atoms with Gasteiger partial charge in [-0.3, -0.25) is 4.79 Å². The lowest BCUT2D eigenvalue weighted by molar-refractivity contribution is -0.269. The molecule has 7 heteroatoms. The summed E-state index contributed by atoms with van der Waals surface area (Å²) in [5.41, 5.74) is 3.08. The predicted octanol–water partition coefficient (Wildman–Crippen LogP) is 5.40. The highest BCUT2D eigenvalue weighted by atomic mass is 16.6. The summed E-state index contributed by atoms with van der Waals surface area (Å²) in [6.45, 7) is 0.859. The van der Waals surface area contributed by atoms with Gasteiger partial charge < -0.3 is 28.8 Å². The first-order chi connectivity index (χ1) is 20.2. The van der Waals surface area contributed by atoms with Crippen LogP contribution in [0.4, 0.5) is 0 Å². The fourth-order valence-corrected chi connectivity index (χ4v) is 4.87. The van der Waals surface area contributed by atoms with Gasteiger partial charge >= 0.3 is 5.97 Å². The number of methoxy groups -OCH3 is 1. The Kier molecular flexibility index (Phi) is 12.6. The zero-order valence-corrected chi connectivity index (χ0v) is 23.5. The molecule has 0 bridgehead atoms. The van der Waals surface area contributed by atoms with Crippen molar-refractivity contribution in [1.82, 2.24) is 0 Å².